The van der Waals surface area contributed by atoms with Crippen molar-refractivity contribution in [1.82, 2.24) is 4.90 Å². The third-order valence-corrected chi connectivity index (χ3v) is 3.48. The van der Waals surface area contributed by atoms with Crippen LogP contribution in [0.1, 0.15) is 34.1 Å². The molecule has 16 heavy (non-hydrogen) atoms. The first-order valence-electron chi connectivity index (χ1n) is 6.05. The zero-order valence-corrected chi connectivity index (χ0v) is 11.5. The van der Waals surface area contributed by atoms with Crippen molar-refractivity contribution in [2.24, 2.45) is 10.9 Å². The van der Waals surface area contributed by atoms with Gasteiger partial charge in [-0.25, -0.2) is 0 Å². The standard InChI is InChI=1S/C14H24N2/c1-7-13-8-15-14(9-16(5)6)12(4)10(2)11(13)3/h8,10H,7,9H2,1-6H3. The fraction of sp³-hybridized carbons (Fsp3) is 0.643. The normalized spacial score (nSPS) is 22.1. The number of allylic oxidation sites excluding steroid dienone is 3. The van der Waals surface area contributed by atoms with Crippen LogP contribution >= 0.6 is 0 Å². The van der Waals surface area contributed by atoms with Crippen LogP contribution in [0.3, 0.4) is 0 Å². The van der Waals surface area contributed by atoms with Gasteiger partial charge in [0.25, 0.3) is 0 Å². The summed E-state index contributed by atoms with van der Waals surface area (Å²) < 4.78 is 0. The molecule has 0 bridgehead atoms. The highest BCUT2D eigenvalue weighted by molar-refractivity contribution is 5.81. The van der Waals surface area contributed by atoms with E-state index < -0.39 is 0 Å². The highest BCUT2D eigenvalue weighted by Crippen LogP contribution is 2.28. The number of hydrogen-bond acceptors (Lipinski definition) is 2. The van der Waals surface area contributed by atoms with Crippen LogP contribution in [0.4, 0.5) is 0 Å². The summed E-state index contributed by atoms with van der Waals surface area (Å²) in [5, 5.41) is 0. The fourth-order valence-corrected chi connectivity index (χ4v) is 2.05. The van der Waals surface area contributed by atoms with Crippen LogP contribution in [0.15, 0.2) is 27.4 Å². The largest absolute Gasteiger partial charge is 0.304 e. The van der Waals surface area contributed by atoms with E-state index in [0.717, 1.165) is 13.0 Å². The van der Waals surface area contributed by atoms with Crippen LogP contribution in [0, 0.1) is 5.92 Å². The molecule has 1 atom stereocenters. The Labute approximate surface area is 99.8 Å². The van der Waals surface area contributed by atoms with Crippen molar-refractivity contribution >= 4 is 6.21 Å². The van der Waals surface area contributed by atoms with Crippen LogP contribution in [0.25, 0.3) is 0 Å². The summed E-state index contributed by atoms with van der Waals surface area (Å²) in [7, 11) is 4.18. The van der Waals surface area contributed by atoms with E-state index in [-0.39, 0.29) is 0 Å². The van der Waals surface area contributed by atoms with Gasteiger partial charge in [0.15, 0.2) is 0 Å². The molecule has 1 unspecified atom stereocenters. The van der Waals surface area contributed by atoms with Gasteiger partial charge in [-0.3, -0.25) is 4.99 Å². The number of hydrogen-bond donors (Lipinski definition) is 0. The van der Waals surface area contributed by atoms with Crippen LogP contribution in [0.2, 0.25) is 0 Å². The highest BCUT2D eigenvalue weighted by atomic mass is 15.1. The molecule has 1 heterocycles. The maximum absolute atomic E-state index is 4.65. The molecule has 0 radical (unpaired) electrons. The lowest BCUT2D eigenvalue weighted by Crippen LogP contribution is -2.16. The van der Waals surface area contributed by atoms with Crippen molar-refractivity contribution in [3.8, 4) is 0 Å². The smallest absolute Gasteiger partial charge is 0.0538 e. The van der Waals surface area contributed by atoms with Gasteiger partial charge in [-0.05, 0) is 45.5 Å². The lowest BCUT2D eigenvalue weighted by atomic mass is 9.90. The number of likely N-dealkylation sites (N-methyl/N-ethyl adjacent to an activating group) is 1. The van der Waals surface area contributed by atoms with Crippen molar-refractivity contribution in [2.75, 3.05) is 20.6 Å². The molecule has 0 saturated carbocycles. The summed E-state index contributed by atoms with van der Waals surface area (Å²) in [6.45, 7) is 9.85. The van der Waals surface area contributed by atoms with Gasteiger partial charge in [0.05, 0.1) is 5.70 Å². The van der Waals surface area contributed by atoms with Crippen LogP contribution in [-0.2, 0) is 0 Å². The molecular formula is C14H24N2. The van der Waals surface area contributed by atoms with E-state index in [0.29, 0.717) is 5.92 Å². The first-order chi connectivity index (χ1) is 7.47. The molecule has 2 heteroatoms. The maximum atomic E-state index is 4.65. The van der Waals surface area contributed by atoms with Crippen molar-refractivity contribution in [2.45, 2.75) is 34.1 Å². The molecule has 1 aliphatic heterocycles. The SMILES string of the molecule is CCC1=C(C)C(C)C(C)=C(CN(C)C)N=C1. The van der Waals surface area contributed by atoms with Crippen LogP contribution in [0.5, 0.6) is 0 Å². The molecule has 2 nitrogen and oxygen atoms in total. The second-order valence-electron chi connectivity index (χ2n) is 4.91. The molecule has 1 rings (SSSR count). The molecule has 0 fully saturated rings. The molecule has 0 spiro atoms. The average molecular weight is 220 g/mol. The Morgan fingerprint density at radius 1 is 1.25 bits per heavy atom. The van der Waals surface area contributed by atoms with Gasteiger partial charge < -0.3 is 4.90 Å². The number of nitrogens with zero attached hydrogens (tertiary/aromatic N) is 2. The van der Waals surface area contributed by atoms with Gasteiger partial charge in [-0.1, -0.05) is 19.4 Å². The third-order valence-electron chi connectivity index (χ3n) is 3.48. The van der Waals surface area contributed by atoms with Gasteiger partial charge in [0, 0.05) is 18.7 Å². The second kappa shape index (κ2) is 5.44. The molecule has 0 aromatic carbocycles. The summed E-state index contributed by atoms with van der Waals surface area (Å²) in [5.41, 5.74) is 5.49. The van der Waals surface area contributed by atoms with Gasteiger partial charge in [-0.15, -0.1) is 0 Å². The van der Waals surface area contributed by atoms with E-state index in [9.17, 15) is 0 Å². The Hall–Kier alpha value is -0.890. The molecule has 0 aromatic heterocycles. The van der Waals surface area contributed by atoms with E-state index in [1.165, 1.54) is 22.4 Å². The van der Waals surface area contributed by atoms with E-state index in [4.69, 9.17) is 0 Å². The van der Waals surface area contributed by atoms with Gasteiger partial charge in [-0.2, -0.15) is 0 Å². The van der Waals surface area contributed by atoms with Crippen LogP contribution < -0.4 is 0 Å². The Morgan fingerprint density at radius 3 is 2.38 bits per heavy atom. The Kier molecular flexibility index (Phi) is 4.48. The Bertz CT molecular complexity index is 346. The monoisotopic (exact) mass is 220 g/mol. The van der Waals surface area contributed by atoms with E-state index in [2.05, 4.69) is 57.9 Å². The minimum atomic E-state index is 0.521. The predicted molar refractivity (Wildman–Crippen MR) is 71.9 cm³/mol. The zero-order valence-electron chi connectivity index (χ0n) is 11.5. The molecule has 0 aliphatic carbocycles. The molecule has 1 aliphatic rings. The van der Waals surface area contributed by atoms with Crippen LogP contribution in [-0.4, -0.2) is 31.8 Å². The first-order valence-corrected chi connectivity index (χ1v) is 6.05. The summed E-state index contributed by atoms with van der Waals surface area (Å²) in [5.74, 6) is 0.521. The molecule has 0 N–H and O–H groups in total. The molecule has 0 aromatic rings. The summed E-state index contributed by atoms with van der Waals surface area (Å²) >= 11 is 0. The quantitative estimate of drug-likeness (QED) is 0.712. The highest BCUT2D eigenvalue weighted by Gasteiger charge is 2.16. The van der Waals surface area contributed by atoms with E-state index in [1.54, 1.807) is 0 Å². The second-order valence-corrected chi connectivity index (χ2v) is 4.91. The Morgan fingerprint density at radius 2 is 1.88 bits per heavy atom. The number of aliphatic imine (C=N–C) groups is 1. The van der Waals surface area contributed by atoms with Gasteiger partial charge in [0.2, 0.25) is 0 Å². The fourth-order valence-electron chi connectivity index (χ4n) is 2.05. The van der Waals surface area contributed by atoms with E-state index >= 15 is 0 Å². The molecule has 0 saturated heterocycles. The Balaban J connectivity index is 3.07. The number of rotatable bonds is 3. The minimum Gasteiger partial charge on any atom is -0.304 e. The topological polar surface area (TPSA) is 15.6 Å². The first kappa shape index (κ1) is 13.2. The molecular weight excluding hydrogens is 196 g/mol. The van der Waals surface area contributed by atoms with E-state index in [1.807, 2.05) is 0 Å². The average Bonchev–Trinajstić information content (AvgIpc) is 2.32. The van der Waals surface area contributed by atoms with Gasteiger partial charge in [0.1, 0.15) is 0 Å². The summed E-state index contributed by atoms with van der Waals surface area (Å²) in [4.78, 5) is 6.83. The molecule has 0 amide bonds. The third kappa shape index (κ3) is 2.82. The van der Waals surface area contributed by atoms with Crippen molar-refractivity contribution in [3.63, 3.8) is 0 Å². The maximum Gasteiger partial charge on any atom is 0.0538 e. The predicted octanol–water partition coefficient (Wildman–Crippen LogP) is 3.27. The van der Waals surface area contributed by atoms with Gasteiger partial charge >= 0.3 is 0 Å². The lowest BCUT2D eigenvalue weighted by Gasteiger charge is -2.17. The summed E-state index contributed by atoms with van der Waals surface area (Å²) in [6.07, 6.45) is 3.13. The molecule has 90 valence electrons. The van der Waals surface area contributed by atoms with Crippen molar-refractivity contribution in [1.29, 1.82) is 0 Å². The zero-order chi connectivity index (χ0) is 12.3. The lowest BCUT2D eigenvalue weighted by molar-refractivity contribution is 0.440. The summed E-state index contributed by atoms with van der Waals surface area (Å²) in [6, 6.07) is 0. The van der Waals surface area contributed by atoms with Crippen molar-refractivity contribution in [3.05, 3.63) is 22.4 Å². The minimum absolute atomic E-state index is 0.521. The van der Waals surface area contributed by atoms with Crippen molar-refractivity contribution < 1.29 is 0 Å².